The normalized spacial score (nSPS) is 17.8. The Morgan fingerprint density at radius 3 is 2.52 bits per heavy atom. The standard InChI is InChI=1S/C27H27NO3/c1-16-15-27(2,3)28-20-13-12-19-24-21(30-5)10-7-11-22(24)31-26(25(19)23(16)20)17-8-6-9-18(14-17)29-4/h6-15,26,28H,1-5H3. The highest BCUT2D eigenvalue weighted by Crippen LogP contribution is 2.53. The molecule has 1 atom stereocenters. The molecule has 1 N–H and O–H groups in total. The topological polar surface area (TPSA) is 39.7 Å². The second kappa shape index (κ2) is 7.09. The molecule has 3 aromatic carbocycles. The molecule has 158 valence electrons. The molecule has 0 bridgehead atoms. The van der Waals surface area contributed by atoms with E-state index in [4.69, 9.17) is 14.2 Å². The molecule has 3 aromatic rings. The number of nitrogens with one attached hydrogen (secondary N) is 1. The zero-order chi connectivity index (χ0) is 21.8. The maximum absolute atomic E-state index is 6.66. The SMILES string of the molecule is COc1cccc(C2Oc3cccc(OC)c3-c3ccc4c(c32)C(C)=CC(C)(C)N4)c1. The number of hydrogen-bond acceptors (Lipinski definition) is 4. The Morgan fingerprint density at radius 1 is 0.935 bits per heavy atom. The zero-order valence-corrected chi connectivity index (χ0v) is 18.6. The molecule has 0 spiro atoms. The minimum absolute atomic E-state index is 0.109. The molecule has 0 fully saturated rings. The number of benzene rings is 3. The highest BCUT2D eigenvalue weighted by atomic mass is 16.5. The lowest BCUT2D eigenvalue weighted by Gasteiger charge is -2.37. The summed E-state index contributed by atoms with van der Waals surface area (Å²) in [6.07, 6.45) is 2.03. The first-order chi connectivity index (χ1) is 14.9. The van der Waals surface area contributed by atoms with Crippen molar-refractivity contribution in [1.29, 1.82) is 0 Å². The van der Waals surface area contributed by atoms with Crippen molar-refractivity contribution in [3.63, 3.8) is 0 Å². The number of fused-ring (bicyclic) bond motifs is 5. The van der Waals surface area contributed by atoms with Gasteiger partial charge in [0.2, 0.25) is 0 Å². The largest absolute Gasteiger partial charge is 0.497 e. The number of hydrogen-bond donors (Lipinski definition) is 1. The Hall–Kier alpha value is -3.40. The minimum atomic E-state index is -0.258. The van der Waals surface area contributed by atoms with Gasteiger partial charge in [0.05, 0.1) is 25.3 Å². The summed E-state index contributed by atoms with van der Waals surface area (Å²) in [4.78, 5) is 0. The third kappa shape index (κ3) is 3.14. The third-order valence-corrected chi connectivity index (χ3v) is 6.05. The van der Waals surface area contributed by atoms with Crippen LogP contribution in [0.1, 0.15) is 43.6 Å². The lowest BCUT2D eigenvalue weighted by Crippen LogP contribution is -2.32. The Bertz CT molecular complexity index is 1210. The van der Waals surface area contributed by atoms with Crippen molar-refractivity contribution in [1.82, 2.24) is 0 Å². The first-order valence-corrected chi connectivity index (χ1v) is 10.5. The fourth-order valence-electron chi connectivity index (χ4n) is 4.91. The molecule has 0 amide bonds. The monoisotopic (exact) mass is 413 g/mol. The summed E-state index contributed by atoms with van der Waals surface area (Å²) >= 11 is 0. The zero-order valence-electron chi connectivity index (χ0n) is 18.6. The van der Waals surface area contributed by atoms with Crippen LogP contribution in [0.5, 0.6) is 17.2 Å². The molecular formula is C27H27NO3. The molecule has 31 heavy (non-hydrogen) atoms. The summed E-state index contributed by atoms with van der Waals surface area (Å²) in [7, 11) is 3.40. The second-order valence-corrected chi connectivity index (χ2v) is 8.73. The average molecular weight is 414 g/mol. The van der Waals surface area contributed by atoms with Gasteiger partial charge >= 0.3 is 0 Å². The Kier molecular flexibility index (Phi) is 4.47. The fraction of sp³-hybridized carbons (Fsp3) is 0.259. The molecule has 2 heterocycles. The van der Waals surface area contributed by atoms with Crippen LogP contribution in [-0.2, 0) is 0 Å². The van der Waals surface area contributed by atoms with Crippen molar-refractivity contribution in [2.75, 3.05) is 19.5 Å². The molecular weight excluding hydrogens is 386 g/mol. The summed E-state index contributed by atoms with van der Waals surface area (Å²) < 4.78 is 17.9. The first-order valence-electron chi connectivity index (χ1n) is 10.5. The molecule has 0 saturated heterocycles. The van der Waals surface area contributed by atoms with E-state index in [0.29, 0.717) is 0 Å². The van der Waals surface area contributed by atoms with Crippen LogP contribution in [-0.4, -0.2) is 19.8 Å². The van der Waals surface area contributed by atoms with Gasteiger partial charge in [-0.15, -0.1) is 0 Å². The summed E-state index contributed by atoms with van der Waals surface area (Å²) in [5, 5.41) is 3.68. The molecule has 4 nitrogen and oxygen atoms in total. The van der Waals surface area contributed by atoms with E-state index in [1.165, 1.54) is 11.1 Å². The van der Waals surface area contributed by atoms with Gasteiger partial charge in [-0.2, -0.15) is 0 Å². The fourth-order valence-corrected chi connectivity index (χ4v) is 4.91. The van der Waals surface area contributed by atoms with Gasteiger partial charge in [0.25, 0.3) is 0 Å². The maximum atomic E-state index is 6.66. The van der Waals surface area contributed by atoms with Crippen LogP contribution >= 0.6 is 0 Å². The van der Waals surface area contributed by atoms with Crippen LogP contribution in [0.3, 0.4) is 0 Å². The van der Waals surface area contributed by atoms with Crippen LogP contribution in [0.25, 0.3) is 16.7 Å². The van der Waals surface area contributed by atoms with E-state index in [1.807, 2.05) is 30.3 Å². The predicted octanol–water partition coefficient (Wildman–Crippen LogP) is 6.46. The van der Waals surface area contributed by atoms with Gasteiger partial charge in [0.1, 0.15) is 17.2 Å². The van der Waals surface area contributed by atoms with Crippen LogP contribution in [0, 0.1) is 0 Å². The molecule has 0 aliphatic carbocycles. The van der Waals surface area contributed by atoms with Gasteiger partial charge in [-0.05, 0) is 62.2 Å². The number of ether oxygens (including phenoxy) is 3. The molecule has 0 aromatic heterocycles. The van der Waals surface area contributed by atoms with Crippen LogP contribution < -0.4 is 19.5 Å². The molecule has 0 radical (unpaired) electrons. The predicted molar refractivity (Wildman–Crippen MR) is 125 cm³/mol. The third-order valence-electron chi connectivity index (χ3n) is 6.05. The van der Waals surface area contributed by atoms with Crippen LogP contribution in [0.15, 0.2) is 60.7 Å². The van der Waals surface area contributed by atoms with Crippen molar-refractivity contribution < 1.29 is 14.2 Å². The smallest absolute Gasteiger partial charge is 0.150 e. The highest BCUT2D eigenvalue weighted by Gasteiger charge is 2.35. The van der Waals surface area contributed by atoms with E-state index in [0.717, 1.165) is 45.2 Å². The van der Waals surface area contributed by atoms with Gasteiger partial charge in [0.15, 0.2) is 6.10 Å². The molecule has 5 rings (SSSR count). The second-order valence-electron chi connectivity index (χ2n) is 8.73. The molecule has 2 aliphatic rings. The molecule has 4 heteroatoms. The quantitative estimate of drug-likeness (QED) is 0.535. The number of methoxy groups -OCH3 is 2. The lowest BCUT2D eigenvalue weighted by molar-refractivity contribution is 0.241. The van der Waals surface area contributed by atoms with Gasteiger partial charge in [-0.3, -0.25) is 0 Å². The van der Waals surface area contributed by atoms with Crippen molar-refractivity contribution >= 4 is 11.3 Å². The first kappa shape index (κ1) is 19.6. The lowest BCUT2D eigenvalue weighted by atomic mass is 9.80. The Balaban J connectivity index is 1.82. The number of rotatable bonds is 3. The maximum Gasteiger partial charge on any atom is 0.150 e. The van der Waals surface area contributed by atoms with E-state index in [2.05, 4.69) is 56.4 Å². The van der Waals surface area contributed by atoms with Crippen molar-refractivity contribution in [3.05, 3.63) is 77.4 Å². The number of allylic oxidation sites excluding steroid dienone is 1. The Labute approximate surface area is 183 Å². The van der Waals surface area contributed by atoms with E-state index >= 15 is 0 Å². The Morgan fingerprint density at radius 2 is 1.74 bits per heavy atom. The average Bonchev–Trinajstić information content (AvgIpc) is 2.76. The van der Waals surface area contributed by atoms with Gasteiger partial charge in [0, 0.05) is 22.4 Å². The van der Waals surface area contributed by atoms with Crippen LogP contribution in [0.4, 0.5) is 5.69 Å². The van der Waals surface area contributed by atoms with Crippen molar-refractivity contribution in [2.45, 2.75) is 32.4 Å². The highest BCUT2D eigenvalue weighted by molar-refractivity contribution is 5.91. The van der Waals surface area contributed by atoms with Gasteiger partial charge < -0.3 is 19.5 Å². The van der Waals surface area contributed by atoms with Crippen molar-refractivity contribution in [2.24, 2.45) is 0 Å². The number of anilines is 1. The van der Waals surface area contributed by atoms with Gasteiger partial charge in [-0.1, -0.05) is 30.3 Å². The summed E-state index contributed by atoms with van der Waals surface area (Å²) in [6.45, 7) is 6.56. The summed E-state index contributed by atoms with van der Waals surface area (Å²) in [5.74, 6) is 2.45. The van der Waals surface area contributed by atoms with E-state index in [-0.39, 0.29) is 11.6 Å². The van der Waals surface area contributed by atoms with Crippen LogP contribution in [0.2, 0.25) is 0 Å². The molecule has 1 unspecified atom stereocenters. The van der Waals surface area contributed by atoms with Gasteiger partial charge in [-0.25, -0.2) is 0 Å². The minimum Gasteiger partial charge on any atom is -0.497 e. The van der Waals surface area contributed by atoms with E-state index in [1.54, 1.807) is 14.2 Å². The van der Waals surface area contributed by atoms with Crippen molar-refractivity contribution in [3.8, 4) is 28.4 Å². The molecule has 0 saturated carbocycles. The van der Waals surface area contributed by atoms with E-state index in [9.17, 15) is 0 Å². The summed E-state index contributed by atoms with van der Waals surface area (Å²) in [6, 6.07) is 18.5. The van der Waals surface area contributed by atoms with E-state index < -0.39 is 0 Å². The summed E-state index contributed by atoms with van der Waals surface area (Å²) in [5.41, 5.74) is 7.80. The molecule has 2 aliphatic heterocycles.